The maximum Gasteiger partial charge on any atom is 0.165 e. The van der Waals surface area contributed by atoms with Gasteiger partial charge in [-0.05, 0) is 18.8 Å². The lowest BCUT2D eigenvalue weighted by Gasteiger charge is -2.34. The molecule has 2 atom stereocenters. The van der Waals surface area contributed by atoms with Gasteiger partial charge >= 0.3 is 0 Å². The summed E-state index contributed by atoms with van der Waals surface area (Å²) >= 11 is 0. The Hall–Kier alpha value is -0.0800. The summed E-state index contributed by atoms with van der Waals surface area (Å²) < 4.78 is 0. The summed E-state index contributed by atoms with van der Waals surface area (Å²) in [4.78, 5) is 0. The van der Waals surface area contributed by atoms with Gasteiger partial charge in [0, 0.05) is 5.92 Å². The molecule has 2 nitrogen and oxygen atoms in total. The molecule has 2 unspecified atom stereocenters. The molecule has 0 aliphatic carbocycles. The van der Waals surface area contributed by atoms with Gasteiger partial charge in [0.05, 0.1) is 0 Å². The first-order valence-corrected chi connectivity index (χ1v) is 5.44. The fraction of sp³-hybridized carbons (Fsp3) is 1.00. The van der Waals surface area contributed by atoms with Crippen molar-refractivity contribution in [3.63, 3.8) is 0 Å². The third kappa shape index (κ3) is 3.65. The molecule has 0 amide bonds. The van der Waals surface area contributed by atoms with Gasteiger partial charge in [0.1, 0.15) is 0 Å². The van der Waals surface area contributed by atoms with Crippen molar-refractivity contribution in [2.75, 3.05) is 0 Å². The Labute approximate surface area is 82.0 Å². The van der Waals surface area contributed by atoms with Gasteiger partial charge in [-0.3, -0.25) is 0 Å². The van der Waals surface area contributed by atoms with Crippen LogP contribution in [0, 0.1) is 11.8 Å². The quantitative estimate of drug-likeness (QED) is 0.629. The van der Waals surface area contributed by atoms with Gasteiger partial charge in [0.25, 0.3) is 0 Å². The molecule has 0 rings (SSSR count). The maximum absolute atomic E-state index is 9.77. The number of rotatable bonds is 6. The molecule has 13 heavy (non-hydrogen) atoms. The first-order chi connectivity index (χ1) is 5.99. The summed E-state index contributed by atoms with van der Waals surface area (Å²) in [6.45, 7) is 8.10. The zero-order valence-electron chi connectivity index (χ0n) is 9.38. The summed E-state index contributed by atoms with van der Waals surface area (Å²) in [6, 6.07) is 0. The highest BCUT2D eigenvalue weighted by atomic mass is 16.5. The second-order valence-corrected chi connectivity index (χ2v) is 4.01. The predicted octanol–water partition coefficient (Wildman–Crippen LogP) is 2.54. The van der Waals surface area contributed by atoms with E-state index in [9.17, 15) is 10.2 Å². The van der Waals surface area contributed by atoms with Gasteiger partial charge in [-0.2, -0.15) is 0 Å². The molecule has 0 aromatic heterocycles. The SMILES string of the molecule is CCCC(C(C)CC)C(O)(O)CC. The van der Waals surface area contributed by atoms with E-state index >= 15 is 0 Å². The smallest absolute Gasteiger partial charge is 0.165 e. The fourth-order valence-electron chi connectivity index (χ4n) is 1.83. The molecular formula is C11H24O2. The van der Waals surface area contributed by atoms with Gasteiger partial charge in [0.2, 0.25) is 0 Å². The fourth-order valence-corrected chi connectivity index (χ4v) is 1.83. The van der Waals surface area contributed by atoms with E-state index in [1.54, 1.807) is 0 Å². The summed E-state index contributed by atoms with van der Waals surface area (Å²) in [6.07, 6.45) is 3.34. The third-order valence-electron chi connectivity index (χ3n) is 3.04. The van der Waals surface area contributed by atoms with Crippen LogP contribution in [0.1, 0.15) is 53.4 Å². The monoisotopic (exact) mass is 188 g/mol. The van der Waals surface area contributed by atoms with E-state index < -0.39 is 5.79 Å². The summed E-state index contributed by atoms with van der Waals surface area (Å²) in [5.41, 5.74) is 0. The van der Waals surface area contributed by atoms with E-state index in [1.165, 1.54) is 0 Å². The van der Waals surface area contributed by atoms with Crippen LogP contribution in [-0.4, -0.2) is 16.0 Å². The van der Waals surface area contributed by atoms with E-state index in [1.807, 2.05) is 6.92 Å². The topological polar surface area (TPSA) is 40.5 Å². The third-order valence-corrected chi connectivity index (χ3v) is 3.04. The molecule has 0 saturated carbocycles. The van der Waals surface area contributed by atoms with E-state index in [0.29, 0.717) is 12.3 Å². The molecular weight excluding hydrogens is 164 g/mol. The zero-order valence-corrected chi connectivity index (χ0v) is 9.38. The van der Waals surface area contributed by atoms with Crippen LogP contribution in [0.5, 0.6) is 0 Å². The number of aliphatic hydroxyl groups is 2. The Morgan fingerprint density at radius 2 is 1.69 bits per heavy atom. The molecule has 2 heteroatoms. The molecule has 0 aliphatic rings. The van der Waals surface area contributed by atoms with Gasteiger partial charge in [0.15, 0.2) is 5.79 Å². The van der Waals surface area contributed by atoms with E-state index in [4.69, 9.17) is 0 Å². The number of hydrogen-bond donors (Lipinski definition) is 2. The average molecular weight is 188 g/mol. The minimum atomic E-state index is -1.47. The van der Waals surface area contributed by atoms with Gasteiger partial charge in [-0.1, -0.05) is 40.5 Å². The lowest BCUT2D eigenvalue weighted by molar-refractivity contribution is -0.214. The van der Waals surface area contributed by atoms with Crippen molar-refractivity contribution < 1.29 is 10.2 Å². The van der Waals surface area contributed by atoms with Crippen molar-refractivity contribution >= 4 is 0 Å². The lowest BCUT2D eigenvalue weighted by Crippen LogP contribution is -2.40. The van der Waals surface area contributed by atoms with E-state index in [2.05, 4.69) is 20.8 Å². The first kappa shape index (κ1) is 12.9. The Morgan fingerprint density at radius 3 is 2.00 bits per heavy atom. The number of hydrogen-bond acceptors (Lipinski definition) is 2. The molecule has 80 valence electrons. The highest BCUT2D eigenvalue weighted by molar-refractivity contribution is 4.78. The Morgan fingerprint density at radius 1 is 1.15 bits per heavy atom. The molecule has 0 aliphatic heterocycles. The molecule has 0 aromatic carbocycles. The van der Waals surface area contributed by atoms with Crippen LogP contribution < -0.4 is 0 Å². The summed E-state index contributed by atoms with van der Waals surface area (Å²) in [7, 11) is 0. The Balaban J connectivity index is 4.39. The molecule has 0 saturated heterocycles. The minimum Gasteiger partial charge on any atom is -0.365 e. The largest absolute Gasteiger partial charge is 0.365 e. The molecule has 0 spiro atoms. The zero-order chi connectivity index (χ0) is 10.5. The van der Waals surface area contributed by atoms with Crippen molar-refractivity contribution in [2.24, 2.45) is 11.8 Å². The van der Waals surface area contributed by atoms with E-state index in [0.717, 1.165) is 19.3 Å². The highest BCUT2D eigenvalue weighted by Gasteiger charge is 2.34. The van der Waals surface area contributed by atoms with Crippen LogP contribution in [0.2, 0.25) is 0 Å². The van der Waals surface area contributed by atoms with Crippen LogP contribution in [-0.2, 0) is 0 Å². The highest BCUT2D eigenvalue weighted by Crippen LogP contribution is 2.31. The van der Waals surface area contributed by atoms with Gasteiger partial charge < -0.3 is 10.2 Å². The van der Waals surface area contributed by atoms with Crippen molar-refractivity contribution in [1.29, 1.82) is 0 Å². The average Bonchev–Trinajstić information content (AvgIpc) is 2.12. The van der Waals surface area contributed by atoms with Crippen LogP contribution in [0.15, 0.2) is 0 Å². The second-order valence-electron chi connectivity index (χ2n) is 4.01. The summed E-state index contributed by atoms with van der Waals surface area (Å²) in [5.74, 6) is -1.06. The van der Waals surface area contributed by atoms with Crippen LogP contribution in [0.4, 0.5) is 0 Å². The van der Waals surface area contributed by atoms with Crippen molar-refractivity contribution in [2.45, 2.75) is 59.2 Å². The normalized spacial score (nSPS) is 17.1. The molecule has 0 radical (unpaired) electrons. The molecule has 2 N–H and O–H groups in total. The van der Waals surface area contributed by atoms with E-state index in [-0.39, 0.29) is 5.92 Å². The van der Waals surface area contributed by atoms with Crippen LogP contribution >= 0.6 is 0 Å². The van der Waals surface area contributed by atoms with Crippen LogP contribution in [0.25, 0.3) is 0 Å². The van der Waals surface area contributed by atoms with Gasteiger partial charge in [-0.15, -0.1) is 0 Å². The molecule has 0 aromatic rings. The van der Waals surface area contributed by atoms with Crippen LogP contribution in [0.3, 0.4) is 0 Å². The summed E-state index contributed by atoms with van der Waals surface area (Å²) in [5, 5.41) is 19.5. The second kappa shape index (κ2) is 5.61. The first-order valence-electron chi connectivity index (χ1n) is 5.44. The van der Waals surface area contributed by atoms with Crippen molar-refractivity contribution in [3.05, 3.63) is 0 Å². The Bertz CT molecular complexity index is 132. The lowest BCUT2D eigenvalue weighted by atomic mass is 9.80. The maximum atomic E-state index is 9.77. The Kier molecular flexibility index (Phi) is 5.57. The molecule has 0 bridgehead atoms. The standard InChI is InChI=1S/C11H24O2/c1-5-8-10(9(4)6-2)11(12,13)7-3/h9-10,12-13H,5-8H2,1-4H3. The van der Waals surface area contributed by atoms with Gasteiger partial charge in [-0.25, -0.2) is 0 Å². The van der Waals surface area contributed by atoms with Crippen molar-refractivity contribution in [1.82, 2.24) is 0 Å². The van der Waals surface area contributed by atoms with Crippen molar-refractivity contribution in [3.8, 4) is 0 Å². The molecule has 0 fully saturated rings. The molecule has 0 heterocycles. The predicted molar refractivity (Wildman–Crippen MR) is 55.3 cm³/mol. The minimum absolute atomic E-state index is 0.0208.